The highest BCUT2D eigenvalue weighted by Gasteiger charge is 2.14. The normalized spacial score (nSPS) is 12.9. The van der Waals surface area contributed by atoms with Crippen molar-refractivity contribution >= 4 is 5.52 Å². The Morgan fingerprint density at radius 3 is 2.55 bits per heavy atom. The van der Waals surface area contributed by atoms with Crippen molar-refractivity contribution in [2.24, 2.45) is 0 Å². The first-order chi connectivity index (χ1) is 9.85. The molecule has 0 radical (unpaired) electrons. The Hall–Kier alpha value is -1.31. The molecule has 2 heterocycles. The molecule has 0 fully saturated rings. The van der Waals surface area contributed by atoms with Gasteiger partial charge in [0.15, 0.2) is 0 Å². The topological polar surface area (TPSA) is 17.3 Å². The average molecular weight is 272 g/mol. The molecule has 0 aromatic carbocycles. The summed E-state index contributed by atoms with van der Waals surface area (Å²) in [6.45, 7) is 4.55. The van der Waals surface area contributed by atoms with Gasteiger partial charge in [-0.25, -0.2) is 4.52 Å². The van der Waals surface area contributed by atoms with E-state index in [1.807, 2.05) is 16.8 Å². The van der Waals surface area contributed by atoms with Gasteiger partial charge in [0.1, 0.15) is 0 Å². The zero-order chi connectivity index (χ0) is 14.2. The van der Waals surface area contributed by atoms with Gasteiger partial charge in [0.25, 0.3) is 0 Å². The van der Waals surface area contributed by atoms with E-state index in [1.54, 1.807) is 0 Å². The van der Waals surface area contributed by atoms with E-state index in [-0.39, 0.29) is 0 Å². The maximum atomic E-state index is 4.78. The van der Waals surface area contributed by atoms with Crippen molar-refractivity contribution in [3.63, 3.8) is 0 Å². The average Bonchev–Trinajstić information content (AvgIpc) is 2.90. The van der Waals surface area contributed by atoms with Crippen molar-refractivity contribution in [3.8, 4) is 0 Å². The van der Waals surface area contributed by atoms with Gasteiger partial charge in [0.05, 0.1) is 11.2 Å². The van der Waals surface area contributed by atoms with Crippen molar-refractivity contribution in [3.05, 3.63) is 36.2 Å². The fourth-order valence-electron chi connectivity index (χ4n) is 2.87. The van der Waals surface area contributed by atoms with Crippen LogP contribution in [0.2, 0.25) is 0 Å². The summed E-state index contributed by atoms with van der Waals surface area (Å²) in [5, 5.41) is 4.78. The third-order valence-corrected chi connectivity index (χ3v) is 4.12. The fourth-order valence-corrected chi connectivity index (χ4v) is 2.87. The molecule has 110 valence electrons. The van der Waals surface area contributed by atoms with Crippen molar-refractivity contribution in [2.45, 2.75) is 71.1 Å². The van der Waals surface area contributed by atoms with Gasteiger partial charge < -0.3 is 0 Å². The molecule has 2 heteroatoms. The Morgan fingerprint density at radius 2 is 1.80 bits per heavy atom. The molecule has 0 aliphatic carbocycles. The minimum Gasteiger partial charge on any atom is -0.241 e. The lowest BCUT2D eigenvalue weighted by molar-refractivity contribution is 0.498. The number of hydrogen-bond donors (Lipinski definition) is 0. The summed E-state index contributed by atoms with van der Waals surface area (Å²) in [4.78, 5) is 0. The van der Waals surface area contributed by atoms with Crippen LogP contribution in [0.4, 0.5) is 0 Å². The fraction of sp³-hybridized carbons (Fsp3) is 0.611. The van der Waals surface area contributed by atoms with Gasteiger partial charge in [-0.15, -0.1) is 0 Å². The summed E-state index contributed by atoms with van der Waals surface area (Å²) >= 11 is 0. The molecule has 20 heavy (non-hydrogen) atoms. The Labute approximate surface area is 123 Å². The zero-order valence-corrected chi connectivity index (χ0v) is 13.0. The molecule has 1 atom stereocenters. The Bertz CT molecular complexity index is 468. The van der Waals surface area contributed by atoms with Crippen LogP contribution in [0.1, 0.15) is 76.8 Å². The SMILES string of the molecule is CCCCCCC(CCCC)c1cc2ccccn2n1. The van der Waals surface area contributed by atoms with E-state index in [0.29, 0.717) is 5.92 Å². The maximum absolute atomic E-state index is 4.78. The van der Waals surface area contributed by atoms with E-state index in [9.17, 15) is 0 Å². The molecular formula is C18H28N2. The van der Waals surface area contributed by atoms with E-state index >= 15 is 0 Å². The summed E-state index contributed by atoms with van der Waals surface area (Å²) in [6.07, 6.45) is 12.6. The van der Waals surface area contributed by atoms with Crippen LogP contribution >= 0.6 is 0 Å². The quantitative estimate of drug-likeness (QED) is 0.545. The van der Waals surface area contributed by atoms with Gasteiger partial charge in [0.2, 0.25) is 0 Å². The molecule has 0 saturated carbocycles. The van der Waals surface area contributed by atoms with Gasteiger partial charge in [-0.1, -0.05) is 58.4 Å². The predicted molar refractivity (Wildman–Crippen MR) is 86.2 cm³/mol. The smallest absolute Gasteiger partial charge is 0.0666 e. The number of nitrogens with zero attached hydrogens (tertiary/aromatic N) is 2. The summed E-state index contributed by atoms with van der Waals surface area (Å²) in [7, 11) is 0. The van der Waals surface area contributed by atoms with Crippen LogP contribution in [0.5, 0.6) is 0 Å². The number of pyridine rings is 1. The van der Waals surface area contributed by atoms with Crippen LogP contribution in [0.3, 0.4) is 0 Å². The number of unbranched alkanes of at least 4 members (excludes halogenated alkanes) is 4. The Morgan fingerprint density at radius 1 is 1.00 bits per heavy atom. The maximum Gasteiger partial charge on any atom is 0.0666 e. The van der Waals surface area contributed by atoms with Crippen LogP contribution in [-0.2, 0) is 0 Å². The van der Waals surface area contributed by atoms with Gasteiger partial charge in [0, 0.05) is 12.1 Å². The van der Waals surface area contributed by atoms with Gasteiger partial charge >= 0.3 is 0 Å². The molecular weight excluding hydrogens is 244 g/mol. The highest BCUT2D eigenvalue weighted by molar-refractivity contribution is 5.47. The van der Waals surface area contributed by atoms with Crippen LogP contribution in [0, 0.1) is 0 Å². The highest BCUT2D eigenvalue weighted by Crippen LogP contribution is 2.28. The first-order valence-electron chi connectivity index (χ1n) is 8.29. The molecule has 2 aromatic heterocycles. The molecule has 0 aliphatic rings. The molecule has 0 N–H and O–H groups in total. The van der Waals surface area contributed by atoms with Crippen LogP contribution in [0.15, 0.2) is 30.5 Å². The van der Waals surface area contributed by atoms with Crippen LogP contribution in [0.25, 0.3) is 5.52 Å². The molecule has 0 aliphatic heterocycles. The minimum absolute atomic E-state index is 0.645. The van der Waals surface area contributed by atoms with E-state index < -0.39 is 0 Å². The molecule has 0 spiro atoms. The lowest BCUT2D eigenvalue weighted by Gasteiger charge is -2.13. The second-order valence-corrected chi connectivity index (χ2v) is 5.83. The first kappa shape index (κ1) is 15.1. The second kappa shape index (κ2) is 8.08. The van der Waals surface area contributed by atoms with Crippen molar-refractivity contribution in [1.82, 2.24) is 9.61 Å². The molecule has 2 rings (SSSR count). The predicted octanol–water partition coefficient (Wildman–Crippen LogP) is 5.58. The second-order valence-electron chi connectivity index (χ2n) is 5.83. The van der Waals surface area contributed by atoms with E-state index in [1.165, 1.54) is 62.6 Å². The molecule has 2 nitrogen and oxygen atoms in total. The highest BCUT2D eigenvalue weighted by atomic mass is 15.2. The summed E-state index contributed by atoms with van der Waals surface area (Å²) in [6, 6.07) is 8.56. The molecule has 0 saturated heterocycles. The Kier molecular flexibility index (Phi) is 6.10. The largest absolute Gasteiger partial charge is 0.241 e. The molecule has 2 aromatic rings. The van der Waals surface area contributed by atoms with Gasteiger partial charge in [-0.2, -0.15) is 5.10 Å². The molecule has 0 bridgehead atoms. The van der Waals surface area contributed by atoms with Gasteiger partial charge in [-0.3, -0.25) is 0 Å². The third kappa shape index (κ3) is 4.09. The number of hydrogen-bond acceptors (Lipinski definition) is 1. The van der Waals surface area contributed by atoms with Crippen LogP contribution in [-0.4, -0.2) is 9.61 Å². The third-order valence-electron chi connectivity index (χ3n) is 4.12. The van der Waals surface area contributed by atoms with Crippen molar-refractivity contribution in [2.75, 3.05) is 0 Å². The van der Waals surface area contributed by atoms with Crippen molar-refractivity contribution in [1.29, 1.82) is 0 Å². The number of rotatable bonds is 9. The number of aromatic nitrogens is 2. The molecule has 0 amide bonds. The summed E-state index contributed by atoms with van der Waals surface area (Å²) in [5.74, 6) is 0.645. The van der Waals surface area contributed by atoms with Crippen molar-refractivity contribution < 1.29 is 0 Å². The van der Waals surface area contributed by atoms with Crippen LogP contribution < -0.4 is 0 Å². The molecule has 1 unspecified atom stereocenters. The van der Waals surface area contributed by atoms with E-state index in [2.05, 4.69) is 32.0 Å². The minimum atomic E-state index is 0.645. The zero-order valence-electron chi connectivity index (χ0n) is 13.0. The lowest BCUT2D eigenvalue weighted by Crippen LogP contribution is -2.01. The summed E-state index contributed by atoms with van der Waals surface area (Å²) < 4.78 is 2.01. The lowest BCUT2D eigenvalue weighted by atomic mass is 9.92. The summed E-state index contributed by atoms with van der Waals surface area (Å²) in [5.41, 5.74) is 2.51. The van der Waals surface area contributed by atoms with Gasteiger partial charge in [-0.05, 0) is 31.0 Å². The monoisotopic (exact) mass is 272 g/mol. The first-order valence-corrected chi connectivity index (χ1v) is 8.29. The standard InChI is InChI=1S/C18H28N2/c1-3-5-7-8-12-16(11-6-4-2)18-15-17-13-9-10-14-20(17)19-18/h9-10,13-16H,3-8,11-12H2,1-2H3. The number of fused-ring (bicyclic) bond motifs is 1. The Balaban J connectivity index is 2.04. The van der Waals surface area contributed by atoms with E-state index in [4.69, 9.17) is 5.10 Å². The van der Waals surface area contributed by atoms with E-state index in [0.717, 1.165) is 0 Å².